The van der Waals surface area contributed by atoms with E-state index in [1.54, 1.807) is 36.4 Å². The number of hydrogen-bond donors (Lipinski definition) is 1. The fourth-order valence-corrected chi connectivity index (χ4v) is 3.95. The highest BCUT2D eigenvalue weighted by Crippen LogP contribution is 2.26. The highest BCUT2D eigenvalue weighted by atomic mass is 32.2. The first-order valence-corrected chi connectivity index (χ1v) is 11.2. The van der Waals surface area contributed by atoms with Gasteiger partial charge in [0, 0.05) is 29.6 Å². The molecule has 2 aromatic rings. The van der Waals surface area contributed by atoms with E-state index >= 15 is 0 Å². The molecule has 0 fully saturated rings. The summed E-state index contributed by atoms with van der Waals surface area (Å²) >= 11 is 0. The van der Waals surface area contributed by atoms with E-state index in [0.717, 1.165) is 11.8 Å². The van der Waals surface area contributed by atoms with Gasteiger partial charge in [0.15, 0.2) is 5.78 Å². The fraction of sp³-hybridized carbons (Fsp3) is 0.286. The standard InChI is InChI=1S/C21H22N2O5S/c1-14(24)15-7-9-17(10-8-15)22-20(25)19(11-12-29(2,27)28)23-13-16-5-3-4-6-18(16)21(23)26/h3-10,19H,11-13H2,1-2H3,(H,22,25)/t19-/m0/s1. The lowest BCUT2D eigenvalue weighted by molar-refractivity contribution is -0.120. The maximum absolute atomic E-state index is 13.0. The van der Waals surface area contributed by atoms with Crippen LogP contribution in [0.5, 0.6) is 0 Å². The van der Waals surface area contributed by atoms with Crippen molar-refractivity contribution in [3.8, 4) is 0 Å². The van der Waals surface area contributed by atoms with Crippen molar-refractivity contribution in [3.63, 3.8) is 0 Å². The van der Waals surface area contributed by atoms with Gasteiger partial charge in [-0.25, -0.2) is 8.42 Å². The van der Waals surface area contributed by atoms with Crippen molar-refractivity contribution >= 4 is 33.1 Å². The lowest BCUT2D eigenvalue weighted by atomic mass is 10.1. The zero-order valence-corrected chi connectivity index (χ0v) is 17.0. The van der Waals surface area contributed by atoms with Crippen LogP contribution in [0.2, 0.25) is 0 Å². The molecule has 3 rings (SSSR count). The molecule has 1 aliphatic rings. The van der Waals surface area contributed by atoms with Crippen LogP contribution in [-0.2, 0) is 21.2 Å². The number of carbonyl (C=O) groups is 3. The van der Waals surface area contributed by atoms with Crippen molar-refractivity contribution in [1.29, 1.82) is 0 Å². The van der Waals surface area contributed by atoms with E-state index in [9.17, 15) is 22.8 Å². The van der Waals surface area contributed by atoms with Crippen LogP contribution >= 0.6 is 0 Å². The molecule has 0 saturated heterocycles. The Morgan fingerprint density at radius 2 is 1.76 bits per heavy atom. The zero-order valence-electron chi connectivity index (χ0n) is 16.2. The molecule has 0 aromatic heterocycles. The minimum absolute atomic E-state index is 0.00404. The van der Waals surface area contributed by atoms with E-state index in [1.165, 1.54) is 11.8 Å². The Labute approximate surface area is 169 Å². The SMILES string of the molecule is CC(=O)c1ccc(NC(=O)[C@H](CCS(C)(=O)=O)N2Cc3ccccc3C2=O)cc1. The van der Waals surface area contributed by atoms with Gasteiger partial charge >= 0.3 is 0 Å². The van der Waals surface area contributed by atoms with Crippen LogP contribution in [0.15, 0.2) is 48.5 Å². The smallest absolute Gasteiger partial charge is 0.255 e. The molecule has 0 bridgehead atoms. The molecule has 0 unspecified atom stereocenters. The number of sulfone groups is 1. The lowest BCUT2D eigenvalue weighted by Gasteiger charge is -2.26. The van der Waals surface area contributed by atoms with Crippen LogP contribution in [0, 0.1) is 0 Å². The lowest BCUT2D eigenvalue weighted by Crippen LogP contribution is -2.45. The number of carbonyl (C=O) groups excluding carboxylic acids is 3. The number of Topliss-reactive ketones (excluding diaryl/α,β-unsaturated/α-hetero) is 1. The molecule has 8 heteroatoms. The quantitative estimate of drug-likeness (QED) is 0.701. The molecule has 7 nitrogen and oxygen atoms in total. The van der Waals surface area contributed by atoms with Gasteiger partial charge in [-0.05, 0) is 49.2 Å². The summed E-state index contributed by atoms with van der Waals surface area (Å²) in [7, 11) is -3.31. The second-order valence-electron chi connectivity index (χ2n) is 7.15. The summed E-state index contributed by atoms with van der Waals surface area (Å²) in [6, 6.07) is 12.5. The largest absolute Gasteiger partial charge is 0.324 e. The first-order valence-electron chi connectivity index (χ1n) is 9.14. The number of ketones is 1. The summed E-state index contributed by atoms with van der Waals surface area (Å²) in [6.45, 7) is 1.70. The molecule has 2 amide bonds. The minimum Gasteiger partial charge on any atom is -0.324 e. The van der Waals surface area contributed by atoms with Gasteiger partial charge in [0.25, 0.3) is 5.91 Å². The minimum atomic E-state index is -3.31. The van der Waals surface area contributed by atoms with E-state index in [2.05, 4.69) is 5.32 Å². The summed E-state index contributed by atoms with van der Waals surface area (Å²) in [5, 5.41) is 2.73. The van der Waals surface area contributed by atoms with Crippen molar-refractivity contribution in [3.05, 3.63) is 65.2 Å². The average molecular weight is 414 g/mol. The van der Waals surface area contributed by atoms with Gasteiger partial charge in [-0.15, -0.1) is 0 Å². The molecule has 0 saturated carbocycles. The number of hydrogen-bond acceptors (Lipinski definition) is 5. The molecule has 1 atom stereocenters. The van der Waals surface area contributed by atoms with Crippen LogP contribution in [-0.4, -0.2) is 49.0 Å². The van der Waals surface area contributed by atoms with Crippen LogP contribution < -0.4 is 5.32 Å². The predicted octanol–water partition coefficient (Wildman–Crippen LogP) is 2.29. The van der Waals surface area contributed by atoms with Crippen molar-refractivity contribution in [1.82, 2.24) is 4.90 Å². The van der Waals surface area contributed by atoms with Crippen LogP contribution in [0.25, 0.3) is 0 Å². The third-order valence-electron chi connectivity index (χ3n) is 4.85. The van der Waals surface area contributed by atoms with E-state index in [1.807, 2.05) is 12.1 Å². The number of anilines is 1. The molecular formula is C21H22N2O5S. The highest BCUT2D eigenvalue weighted by molar-refractivity contribution is 7.90. The zero-order chi connectivity index (χ0) is 21.2. The Morgan fingerprint density at radius 3 is 2.34 bits per heavy atom. The van der Waals surface area contributed by atoms with E-state index in [4.69, 9.17) is 0 Å². The second-order valence-corrected chi connectivity index (χ2v) is 9.41. The molecule has 29 heavy (non-hydrogen) atoms. The van der Waals surface area contributed by atoms with Gasteiger partial charge in [-0.2, -0.15) is 0 Å². The van der Waals surface area contributed by atoms with Gasteiger partial charge in [-0.1, -0.05) is 18.2 Å². The van der Waals surface area contributed by atoms with E-state index in [-0.39, 0.29) is 30.4 Å². The molecule has 0 spiro atoms. The fourth-order valence-electron chi connectivity index (χ4n) is 3.30. The molecule has 0 radical (unpaired) electrons. The first-order chi connectivity index (χ1) is 13.7. The Morgan fingerprint density at radius 1 is 1.10 bits per heavy atom. The topological polar surface area (TPSA) is 101 Å². The normalized spacial score (nSPS) is 14.4. The molecule has 2 aromatic carbocycles. The van der Waals surface area contributed by atoms with Gasteiger partial charge in [0.05, 0.1) is 5.75 Å². The van der Waals surface area contributed by atoms with Crippen molar-refractivity contribution in [2.75, 3.05) is 17.3 Å². The maximum Gasteiger partial charge on any atom is 0.255 e. The molecule has 1 aliphatic heterocycles. The van der Waals surface area contributed by atoms with Crippen molar-refractivity contribution in [2.45, 2.75) is 25.9 Å². The summed E-state index contributed by atoms with van der Waals surface area (Å²) < 4.78 is 23.3. The number of nitrogens with zero attached hydrogens (tertiary/aromatic N) is 1. The molecule has 152 valence electrons. The maximum atomic E-state index is 13.0. The summed E-state index contributed by atoms with van der Waals surface area (Å²) in [4.78, 5) is 38.6. The molecule has 0 aliphatic carbocycles. The van der Waals surface area contributed by atoms with Crippen LogP contribution in [0.4, 0.5) is 5.69 Å². The summed E-state index contributed by atoms with van der Waals surface area (Å²) in [5.41, 5.74) is 2.31. The number of fused-ring (bicyclic) bond motifs is 1. The number of amides is 2. The molecule has 1 heterocycles. The van der Waals surface area contributed by atoms with E-state index in [0.29, 0.717) is 16.8 Å². The number of benzene rings is 2. The van der Waals surface area contributed by atoms with Gasteiger partial charge in [0.2, 0.25) is 5.91 Å². The predicted molar refractivity (Wildman–Crippen MR) is 110 cm³/mol. The highest BCUT2D eigenvalue weighted by Gasteiger charge is 2.36. The first kappa shape index (κ1) is 20.7. The monoisotopic (exact) mass is 414 g/mol. The molecule has 1 N–H and O–H groups in total. The molecular weight excluding hydrogens is 392 g/mol. The summed E-state index contributed by atoms with van der Waals surface area (Å²) in [5.74, 6) is -1.06. The average Bonchev–Trinajstić information content (AvgIpc) is 2.98. The van der Waals surface area contributed by atoms with Crippen LogP contribution in [0.1, 0.15) is 39.6 Å². The Balaban J connectivity index is 1.82. The van der Waals surface area contributed by atoms with Crippen molar-refractivity contribution < 1.29 is 22.8 Å². The van der Waals surface area contributed by atoms with Gasteiger partial charge in [-0.3, -0.25) is 14.4 Å². The van der Waals surface area contributed by atoms with Crippen LogP contribution in [0.3, 0.4) is 0 Å². The third kappa shape index (κ3) is 4.89. The second kappa shape index (κ2) is 8.16. The Kier molecular flexibility index (Phi) is 5.83. The van der Waals surface area contributed by atoms with E-state index < -0.39 is 21.8 Å². The van der Waals surface area contributed by atoms with Gasteiger partial charge in [0.1, 0.15) is 15.9 Å². The number of rotatable bonds is 7. The van der Waals surface area contributed by atoms with Crippen molar-refractivity contribution in [2.24, 2.45) is 0 Å². The van der Waals surface area contributed by atoms with Gasteiger partial charge < -0.3 is 10.2 Å². The Hall–Kier alpha value is -3.00. The number of nitrogens with one attached hydrogen (secondary N) is 1. The summed E-state index contributed by atoms with van der Waals surface area (Å²) in [6.07, 6.45) is 1.10. The third-order valence-corrected chi connectivity index (χ3v) is 5.83. The Bertz CT molecular complexity index is 1060.